The van der Waals surface area contributed by atoms with E-state index in [0.717, 1.165) is 18.5 Å². The highest BCUT2D eigenvalue weighted by Crippen LogP contribution is 2.27. The van der Waals surface area contributed by atoms with Gasteiger partial charge in [0.15, 0.2) is 0 Å². The molecule has 1 N–H and O–H groups in total. The Morgan fingerprint density at radius 2 is 1.86 bits per heavy atom. The van der Waals surface area contributed by atoms with Crippen LogP contribution in [-0.4, -0.2) is 12.6 Å². The first-order chi connectivity index (χ1) is 6.88. The molecule has 0 aromatic heterocycles. The Bertz CT molecular complexity index is 133. The molecule has 1 saturated carbocycles. The van der Waals surface area contributed by atoms with Gasteiger partial charge in [0.2, 0.25) is 0 Å². The van der Waals surface area contributed by atoms with E-state index in [1.807, 2.05) is 0 Å². The van der Waals surface area contributed by atoms with E-state index in [1.54, 1.807) is 0 Å². The van der Waals surface area contributed by atoms with Gasteiger partial charge in [-0.3, -0.25) is 0 Å². The van der Waals surface area contributed by atoms with E-state index in [9.17, 15) is 0 Å². The number of nitrogens with one attached hydrogen (secondary N) is 1. The molecule has 0 bridgehead atoms. The zero-order valence-electron chi connectivity index (χ0n) is 10.0. The van der Waals surface area contributed by atoms with Gasteiger partial charge < -0.3 is 5.32 Å². The lowest BCUT2D eigenvalue weighted by molar-refractivity contribution is 0.314. The number of rotatable bonds is 5. The van der Waals surface area contributed by atoms with E-state index >= 15 is 0 Å². The molecule has 1 heteroatoms. The third-order valence-electron chi connectivity index (χ3n) is 3.55. The molecule has 1 nitrogen and oxygen atoms in total. The van der Waals surface area contributed by atoms with Crippen molar-refractivity contribution in [1.29, 1.82) is 0 Å². The molecule has 0 aromatic rings. The van der Waals surface area contributed by atoms with Crippen LogP contribution in [0.2, 0.25) is 0 Å². The molecule has 0 saturated heterocycles. The van der Waals surface area contributed by atoms with Crippen LogP contribution < -0.4 is 5.32 Å². The summed E-state index contributed by atoms with van der Waals surface area (Å²) < 4.78 is 0. The summed E-state index contributed by atoms with van der Waals surface area (Å²) in [5.74, 6) is 0.970. The molecule has 1 fully saturated rings. The minimum atomic E-state index is 0.828. The van der Waals surface area contributed by atoms with Crippen LogP contribution in [0.1, 0.15) is 65.2 Å². The van der Waals surface area contributed by atoms with Gasteiger partial charge in [0, 0.05) is 6.04 Å². The second-order valence-electron chi connectivity index (χ2n) is 4.70. The van der Waals surface area contributed by atoms with Crippen molar-refractivity contribution in [1.82, 2.24) is 5.32 Å². The van der Waals surface area contributed by atoms with E-state index in [-0.39, 0.29) is 0 Å². The van der Waals surface area contributed by atoms with Gasteiger partial charge in [-0.25, -0.2) is 0 Å². The summed E-state index contributed by atoms with van der Waals surface area (Å²) in [6, 6.07) is 0.828. The summed E-state index contributed by atoms with van der Waals surface area (Å²) in [4.78, 5) is 0. The smallest absolute Gasteiger partial charge is 0.00952 e. The molecule has 1 aliphatic rings. The van der Waals surface area contributed by atoms with Crippen molar-refractivity contribution in [3.63, 3.8) is 0 Å². The summed E-state index contributed by atoms with van der Waals surface area (Å²) in [6.07, 6.45) is 11.5. The van der Waals surface area contributed by atoms with Gasteiger partial charge in [-0.05, 0) is 31.7 Å². The van der Waals surface area contributed by atoms with Crippen LogP contribution in [0.15, 0.2) is 0 Å². The van der Waals surface area contributed by atoms with Gasteiger partial charge in [-0.1, -0.05) is 46.0 Å². The normalized spacial score (nSPS) is 28.7. The van der Waals surface area contributed by atoms with E-state index in [2.05, 4.69) is 19.2 Å². The Morgan fingerprint density at radius 1 is 1.07 bits per heavy atom. The first-order valence-electron chi connectivity index (χ1n) is 6.61. The average Bonchev–Trinajstić information content (AvgIpc) is 2.41. The first-order valence-corrected chi connectivity index (χ1v) is 6.61. The van der Waals surface area contributed by atoms with Crippen molar-refractivity contribution >= 4 is 0 Å². The maximum Gasteiger partial charge on any atom is 0.00952 e. The minimum Gasteiger partial charge on any atom is -0.314 e. The Morgan fingerprint density at radius 3 is 2.57 bits per heavy atom. The lowest BCUT2D eigenvalue weighted by atomic mass is 9.90. The van der Waals surface area contributed by atoms with Crippen LogP contribution in [0.25, 0.3) is 0 Å². The van der Waals surface area contributed by atoms with E-state index in [1.165, 1.54) is 51.4 Å². The molecule has 0 aliphatic heterocycles. The van der Waals surface area contributed by atoms with Gasteiger partial charge in [-0.2, -0.15) is 0 Å². The summed E-state index contributed by atoms with van der Waals surface area (Å²) in [7, 11) is 0. The van der Waals surface area contributed by atoms with Crippen LogP contribution in [0, 0.1) is 5.92 Å². The minimum absolute atomic E-state index is 0.828. The van der Waals surface area contributed by atoms with Crippen molar-refractivity contribution in [3.8, 4) is 0 Å². The number of unbranched alkanes of at least 4 members (excludes halogenated alkanes) is 1. The van der Waals surface area contributed by atoms with Gasteiger partial charge >= 0.3 is 0 Å². The van der Waals surface area contributed by atoms with Gasteiger partial charge in [0.25, 0.3) is 0 Å². The van der Waals surface area contributed by atoms with E-state index < -0.39 is 0 Å². The molecule has 0 spiro atoms. The van der Waals surface area contributed by atoms with E-state index in [0.29, 0.717) is 0 Å². The molecular weight excluding hydrogens is 170 g/mol. The molecule has 14 heavy (non-hydrogen) atoms. The first kappa shape index (κ1) is 12.0. The standard InChI is InChI=1S/C13H27N/c1-3-5-9-12-10-7-6-8-11-13(12)14-4-2/h12-14H,3-11H2,1-2H3. The highest BCUT2D eigenvalue weighted by atomic mass is 14.9. The lowest BCUT2D eigenvalue weighted by Crippen LogP contribution is -2.35. The molecule has 84 valence electrons. The Labute approximate surface area is 89.7 Å². The van der Waals surface area contributed by atoms with Crippen molar-refractivity contribution in [2.75, 3.05) is 6.54 Å². The summed E-state index contributed by atoms with van der Waals surface area (Å²) in [5, 5.41) is 3.68. The van der Waals surface area contributed by atoms with Crippen LogP contribution in [0.5, 0.6) is 0 Å². The van der Waals surface area contributed by atoms with Crippen molar-refractivity contribution in [2.45, 2.75) is 71.3 Å². The Hall–Kier alpha value is -0.0400. The predicted molar refractivity (Wildman–Crippen MR) is 63.6 cm³/mol. The fraction of sp³-hybridized carbons (Fsp3) is 1.00. The monoisotopic (exact) mass is 197 g/mol. The zero-order valence-corrected chi connectivity index (χ0v) is 10.0. The highest BCUT2D eigenvalue weighted by Gasteiger charge is 2.21. The topological polar surface area (TPSA) is 12.0 Å². The van der Waals surface area contributed by atoms with Gasteiger partial charge in [0.1, 0.15) is 0 Å². The molecule has 0 radical (unpaired) electrons. The van der Waals surface area contributed by atoms with Crippen LogP contribution >= 0.6 is 0 Å². The second-order valence-corrected chi connectivity index (χ2v) is 4.70. The maximum atomic E-state index is 3.68. The molecule has 0 amide bonds. The van der Waals surface area contributed by atoms with Crippen LogP contribution in [-0.2, 0) is 0 Å². The largest absolute Gasteiger partial charge is 0.314 e. The summed E-state index contributed by atoms with van der Waals surface area (Å²) in [5.41, 5.74) is 0. The molecule has 2 unspecified atom stereocenters. The third-order valence-corrected chi connectivity index (χ3v) is 3.55. The third kappa shape index (κ3) is 4.00. The molecule has 2 atom stereocenters. The van der Waals surface area contributed by atoms with Crippen LogP contribution in [0.3, 0.4) is 0 Å². The fourth-order valence-electron chi connectivity index (χ4n) is 2.73. The summed E-state index contributed by atoms with van der Waals surface area (Å²) >= 11 is 0. The second kappa shape index (κ2) is 7.28. The van der Waals surface area contributed by atoms with Crippen molar-refractivity contribution in [3.05, 3.63) is 0 Å². The predicted octanol–water partition coefficient (Wildman–Crippen LogP) is 3.74. The Kier molecular flexibility index (Phi) is 6.25. The highest BCUT2D eigenvalue weighted by molar-refractivity contribution is 4.78. The zero-order chi connectivity index (χ0) is 10.2. The van der Waals surface area contributed by atoms with E-state index in [4.69, 9.17) is 0 Å². The molecule has 0 heterocycles. The van der Waals surface area contributed by atoms with Crippen molar-refractivity contribution in [2.24, 2.45) is 5.92 Å². The SMILES string of the molecule is CCCCC1CCCCCC1NCC. The Balaban J connectivity index is 2.37. The maximum absolute atomic E-state index is 3.68. The molecular formula is C13H27N. The molecule has 1 rings (SSSR count). The number of hydrogen-bond acceptors (Lipinski definition) is 1. The quantitative estimate of drug-likeness (QED) is 0.662. The van der Waals surface area contributed by atoms with Gasteiger partial charge in [-0.15, -0.1) is 0 Å². The molecule has 0 aromatic carbocycles. The van der Waals surface area contributed by atoms with Crippen molar-refractivity contribution < 1.29 is 0 Å². The summed E-state index contributed by atoms with van der Waals surface area (Å²) in [6.45, 7) is 5.69. The fourth-order valence-corrected chi connectivity index (χ4v) is 2.73. The van der Waals surface area contributed by atoms with Crippen LogP contribution in [0.4, 0.5) is 0 Å². The molecule has 1 aliphatic carbocycles. The lowest BCUT2D eigenvalue weighted by Gasteiger charge is -2.25. The van der Waals surface area contributed by atoms with Gasteiger partial charge in [0.05, 0.1) is 0 Å². The number of hydrogen-bond donors (Lipinski definition) is 1. The average molecular weight is 197 g/mol.